The number of hydrogen-bond acceptors (Lipinski definition) is 3. The van der Waals surface area contributed by atoms with E-state index in [1.165, 1.54) is 32.1 Å². The van der Waals surface area contributed by atoms with E-state index >= 15 is 0 Å². The molecule has 0 heterocycles. The van der Waals surface area contributed by atoms with Gasteiger partial charge in [0.1, 0.15) is 0 Å². The van der Waals surface area contributed by atoms with Gasteiger partial charge >= 0.3 is 5.97 Å². The summed E-state index contributed by atoms with van der Waals surface area (Å²) in [6.45, 7) is 6.88. The average Bonchev–Trinajstić information content (AvgIpc) is 2.30. The molecule has 0 unspecified atom stereocenters. The highest BCUT2D eigenvalue weighted by atomic mass is 16.5. The van der Waals surface area contributed by atoms with Crippen LogP contribution in [0.15, 0.2) is 12.2 Å². The van der Waals surface area contributed by atoms with E-state index in [1.807, 2.05) is 0 Å². The van der Waals surface area contributed by atoms with Crippen molar-refractivity contribution in [3.63, 3.8) is 0 Å². The number of esters is 1. The van der Waals surface area contributed by atoms with Crippen LogP contribution in [-0.4, -0.2) is 25.8 Å². The molecule has 0 bridgehead atoms. The lowest BCUT2D eigenvalue weighted by Gasteiger charge is -2.21. The summed E-state index contributed by atoms with van der Waals surface area (Å²) in [7, 11) is 0. The molecule has 0 saturated heterocycles. The molecule has 0 spiro atoms. The van der Waals surface area contributed by atoms with Gasteiger partial charge in [0.2, 0.25) is 0 Å². The lowest BCUT2D eigenvalue weighted by Crippen LogP contribution is -2.17. The molecule has 0 aromatic rings. The van der Waals surface area contributed by atoms with Crippen molar-refractivity contribution in [3.05, 3.63) is 12.2 Å². The Morgan fingerprint density at radius 1 is 1.31 bits per heavy atom. The second-order valence-electron chi connectivity index (χ2n) is 4.34. The zero-order valence-electron chi connectivity index (χ0n) is 10.2. The largest absolute Gasteiger partial charge is 0.463 e. The van der Waals surface area contributed by atoms with Crippen LogP contribution in [0.2, 0.25) is 0 Å². The van der Waals surface area contributed by atoms with Gasteiger partial charge in [-0.1, -0.05) is 25.8 Å². The van der Waals surface area contributed by atoms with Crippen LogP contribution >= 0.6 is 0 Å². The number of rotatable bonds is 6. The molecule has 1 aliphatic rings. The third-order valence-corrected chi connectivity index (χ3v) is 2.92. The van der Waals surface area contributed by atoms with Crippen LogP contribution in [-0.2, 0) is 14.3 Å². The zero-order chi connectivity index (χ0) is 11.8. The van der Waals surface area contributed by atoms with Crippen molar-refractivity contribution in [2.45, 2.75) is 39.0 Å². The SMILES string of the molecule is C=C(COCC1CCCCC1)C(=O)OCC. The summed E-state index contributed by atoms with van der Waals surface area (Å²) >= 11 is 0. The Hall–Kier alpha value is -0.830. The normalized spacial score (nSPS) is 17.1. The van der Waals surface area contributed by atoms with Gasteiger partial charge in [0.25, 0.3) is 0 Å². The highest BCUT2D eigenvalue weighted by Gasteiger charge is 2.14. The van der Waals surface area contributed by atoms with Gasteiger partial charge in [-0.25, -0.2) is 4.79 Å². The number of hydrogen-bond donors (Lipinski definition) is 0. The van der Waals surface area contributed by atoms with Crippen molar-refractivity contribution in [1.82, 2.24) is 0 Å². The van der Waals surface area contributed by atoms with Gasteiger partial charge in [-0.2, -0.15) is 0 Å². The highest BCUT2D eigenvalue weighted by Crippen LogP contribution is 2.23. The smallest absolute Gasteiger partial charge is 0.335 e. The molecule has 0 aromatic heterocycles. The van der Waals surface area contributed by atoms with E-state index in [0.717, 1.165) is 6.61 Å². The van der Waals surface area contributed by atoms with Crippen molar-refractivity contribution in [1.29, 1.82) is 0 Å². The van der Waals surface area contributed by atoms with Crippen molar-refractivity contribution in [2.24, 2.45) is 5.92 Å². The Morgan fingerprint density at radius 3 is 2.62 bits per heavy atom. The summed E-state index contributed by atoms with van der Waals surface area (Å²) in [4.78, 5) is 11.2. The number of carbonyl (C=O) groups excluding carboxylic acids is 1. The fourth-order valence-corrected chi connectivity index (χ4v) is 1.99. The van der Waals surface area contributed by atoms with E-state index in [-0.39, 0.29) is 5.97 Å². The van der Waals surface area contributed by atoms with Crippen molar-refractivity contribution in [3.8, 4) is 0 Å². The molecule has 0 atom stereocenters. The molecule has 0 radical (unpaired) electrons. The van der Waals surface area contributed by atoms with Crippen molar-refractivity contribution in [2.75, 3.05) is 19.8 Å². The summed E-state index contributed by atoms with van der Waals surface area (Å²) in [6.07, 6.45) is 6.49. The molecular weight excluding hydrogens is 204 g/mol. The predicted octanol–water partition coefficient (Wildman–Crippen LogP) is 2.70. The second kappa shape index (κ2) is 7.44. The summed E-state index contributed by atoms with van der Waals surface area (Å²) in [5.74, 6) is 0.329. The molecule has 3 heteroatoms. The molecule has 0 N–H and O–H groups in total. The highest BCUT2D eigenvalue weighted by molar-refractivity contribution is 5.87. The third-order valence-electron chi connectivity index (χ3n) is 2.92. The summed E-state index contributed by atoms with van der Waals surface area (Å²) in [6, 6.07) is 0. The fraction of sp³-hybridized carbons (Fsp3) is 0.769. The van der Waals surface area contributed by atoms with E-state index in [1.54, 1.807) is 6.92 Å². The van der Waals surface area contributed by atoms with E-state index in [4.69, 9.17) is 9.47 Å². The van der Waals surface area contributed by atoms with E-state index in [9.17, 15) is 4.79 Å². The summed E-state index contributed by atoms with van der Waals surface area (Å²) in [5.41, 5.74) is 0.414. The lowest BCUT2D eigenvalue weighted by molar-refractivity contribution is -0.139. The van der Waals surface area contributed by atoms with Gasteiger partial charge in [0.05, 0.1) is 18.8 Å². The molecule has 1 rings (SSSR count). The van der Waals surface area contributed by atoms with Gasteiger partial charge in [-0.15, -0.1) is 0 Å². The van der Waals surface area contributed by atoms with Crippen LogP contribution in [0.25, 0.3) is 0 Å². The molecule has 1 fully saturated rings. The summed E-state index contributed by atoms with van der Waals surface area (Å²) in [5, 5.41) is 0. The second-order valence-corrected chi connectivity index (χ2v) is 4.34. The minimum absolute atomic E-state index is 0.301. The lowest BCUT2D eigenvalue weighted by atomic mass is 9.90. The van der Waals surface area contributed by atoms with Gasteiger partial charge in [-0.05, 0) is 25.7 Å². The first-order valence-corrected chi connectivity index (χ1v) is 6.16. The first-order valence-electron chi connectivity index (χ1n) is 6.16. The fourth-order valence-electron chi connectivity index (χ4n) is 1.99. The van der Waals surface area contributed by atoms with E-state index < -0.39 is 0 Å². The molecule has 3 nitrogen and oxygen atoms in total. The van der Waals surface area contributed by atoms with Gasteiger partial charge in [0.15, 0.2) is 0 Å². The van der Waals surface area contributed by atoms with Crippen LogP contribution in [0.3, 0.4) is 0 Å². The van der Waals surface area contributed by atoms with E-state index in [0.29, 0.717) is 24.7 Å². The van der Waals surface area contributed by atoms with Crippen molar-refractivity contribution >= 4 is 5.97 Å². The average molecular weight is 226 g/mol. The van der Waals surface area contributed by atoms with Gasteiger partial charge in [0, 0.05) is 6.61 Å². The van der Waals surface area contributed by atoms with Crippen LogP contribution in [0, 0.1) is 5.92 Å². The van der Waals surface area contributed by atoms with Crippen LogP contribution in [0.5, 0.6) is 0 Å². The van der Waals surface area contributed by atoms with Crippen LogP contribution in [0.4, 0.5) is 0 Å². The topological polar surface area (TPSA) is 35.5 Å². The van der Waals surface area contributed by atoms with Gasteiger partial charge in [-0.3, -0.25) is 0 Å². The first kappa shape index (κ1) is 13.2. The zero-order valence-corrected chi connectivity index (χ0v) is 10.2. The van der Waals surface area contributed by atoms with Crippen molar-refractivity contribution < 1.29 is 14.3 Å². The molecule has 1 aliphatic carbocycles. The van der Waals surface area contributed by atoms with Crippen LogP contribution in [0.1, 0.15) is 39.0 Å². The third kappa shape index (κ3) is 4.79. The molecule has 0 amide bonds. The Labute approximate surface area is 97.8 Å². The number of carbonyl (C=O) groups is 1. The standard InChI is InChI=1S/C13H22O3/c1-3-16-13(14)11(2)9-15-10-12-7-5-4-6-8-12/h12H,2-10H2,1H3. The maximum absolute atomic E-state index is 11.2. The first-order chi connectivity index (χ1) is 7.74. The van der Waals surface area contributed by atoms with Gasteiger partial charge < -0.3 is 9.47 Å². The van der Waals surface area contributed by atoms with Crippen LogP contribution < -0.4 is 0 Å². The van der Waals surface area contributed by atoms with E-state index in [2.05, 4.69) is 6.58 Å². The minimum Gasteiger partial charge on any atom is -0.463 e. The Morgan fingerprint density at radius 2 is 2.00 bits per heavy atom. The minimum atomic E-state index is -0.342. The molecular formula is C13H22O3. The molecule has 16 heavy (non-hydrogen) atoms. The Balaban J connectivity index is 2.09. The summed E-state index contributed by atoms with van der Waals surface area (Å²) < 4.78 is 10.3. The molecule has 0 aromatic carbocycles. The predicted molar refractivity (Wildman–Crippen MR) is 63.2 cm³/mol. The maximum atomic E-state index is 11.2. The Bertz CT molecular complexity index is 229. The molecule has 92 valence electrons. The Kier molecular flexibility index (Phi) is 6.16. The monoisotopic (exact) mass is 226 g/mol. The molecule has 1 saturated carbocycles. The maximum Gasteiger partial charge on any atom is 0.335 e. The number of ether oxygens (including phenoxy) is 2. The quantitative estimate of drug-likeness (QED) is 0.516. The molecule has 0 aliphatic heterocycles.